The third kappa shape index (κ3) is 5.25. The normalized spacial score (nSPS) is 25.5. The summed E-state index contributed by atoms with van der Waals surface area (Å²) in [6, 6.07) is 10.1. The molecule has 0 N–H and O–H groups in total. The number of amides is 1. The monoisotopic (exact) mass is 398 g/mol. The van der Waals surface area contributed by atoms with E-state index in [1.807, 2.05) is 23.1 Å². The Kier molecular flexibility index (Phi) is 6.31. The minimum absolute atomic E-state index is 0.0279. The SMILES string of the molecule is O=C1CCC(CN2CCC3(CC2)CC(=O)N(C/C=C/c2ccccc2)CCO3)O1. The van der Waals surface area contributed by atoms with Gasteiger partial charge < -0.3 is 14.4 Å². The van der Waals surface area contributed by atoms with Crippen molar-refractivity contribution in [3.05, 3.63) is 42.0 Å². The number of hydrogen-bond acceptors (Lipinski definition) is 5. The highest BCUT2D eigenvalue weighted by atomic mass is 16.5. The Bertz CT molecular complexity index is 741. The van der Waals surface area contributed by atoms with Gasteiger partial charge in [0, 0.05) is 39.1 Å². The number of likely N-dealkylation sites (tertiary alicyclic amines) is 1. The van der Waals surface area contributed by atoms with Crippen LogP contribution in [0, 0.1) is 0 Å². The molecule has 4 rings (SSSR count). The van der Waals surface area contributed by atoms with Crippen molar-refractivity contribution in [2.75, 3.05) is 39.3 Å². The fourth-order valence-electron chi connectivity index (χ4n) is 4.47. The predicted molar refractivity (Wildman–Crippen MR) is 110 cm³/mol. The van der Waals surface area contributed by atoms with Gasteiger partial charge >= 0.3 is 5.97 Å². The summed E-state index contributed by atoms with van der Waals surface area (Å²) in [6.07, 6.45) is 7.66. The lowest BCUT2D eigenvalue weighted by atomic mass is 9.87. The van der Waals surface area contributed by atoms with Gasteiger partial charge in [0.05, 0.1) is 18.6 Å². The van der Waals surface area contributed by atoms with Crippen LogP contribution in [0.3, 0.4) is 0 Å². The Labute approximate surface area is 172 Å². The van der Waals surface area contributed by atoms with Crippen LogP contribution in [0.2, 0.25) is 0 Å². The summed E-state index contributed by atoms with van der Waals surface area (Å²) in [5, 5.41) is 0. The molecule has 0 bridgehead atoms. The van der Waals surface area contributed by atoms with Gasteiger partial charge in [-0.2, -0.15) is 0 Å². The maximum atomic E-state index is 12.9. The maximum Gasteiger partial charge on any atom is 0.306 e. The Hall–Kier alpha value is -2.18. The zero-order valence-corrected chi connectivity index (χ0v) is 16.9. The summed E-state index contributed by atoms with van der Waals surface area (Å²) >= 11 is 0. The van der Waals surface area contributed by atoms with Gasteiger partial charge in [0.15, 0.2) is 0 Å². The van der Waals surface area contributed by atoms with Crippen molar-refractivity contribution in [1.29, 1.82) is 0 Å². The minimum atomic E-state index is -0.335. The van der Waals surface area contributed by atoms with Crippen LogP contribution in [0.25, 0.3) is 6.08 Å². The van der Waals surface area contributed by atoms with E-state index in [9.17, 15) is 9.59 Å². The average Bonchev–Trinajstić information content (AvgIpc) is 3.07. The molecular formula is C23H30N2O4. The van der Waals surface area contributed by atoms with Crippen molar-refractivity contribution >= 4 is 18.0 Å². The molecule has 3 fully saturated rings. The number of benzene rings is 1. The van der Waals surface area contributed by atoms with Crippen molar-refractivity contribution in [1.82, 2.24) is 9.80 Å². The Morgan fingerprint density at radius 3 is 2.62 bits per heavy atom. The van der Waals surface area contributed by atoms with Gasteiger partial charge in [-0.1, -0.05) is 42.5 Å². The molecule has 0 saturated carbocycles. The van der Waals surface area contributed by atoms with Crippen molar-refractivity contribution < 1.29 is 19.1 Å². The molecule has 1 atom stereocenters. The number of hydrogen-bond donors (Lipinski definition) is 0. The van der Waals surface area contributed by atoms with Crippen LogP contribution in [0.5, 0.6) is 0 Å². The number of ether oxygens (including phenoxy) is 2. The summed E-state index contributed by atoms with van der Waals surface area (Å²) in [5.74, 6) is 0.0981. The molecule has 6 heteroatoms. The molecular weight excluding hydrogens is 368 g/mol. The summed E-state index contributed by atoms with van der Waals surface area (Å²) in [4.78, 5) is 28.4. The molecule has 0 aliphatic carbocycles. The zero-order valence-electron chi connectivity index (χ0n) is 16.9. The highest BCUT2D eigenvalue weighted by molar-refractivity contribution is 5.78. The number of nitrogens with zero attached hydrogens (tertiary/aromatic N) is 2. The lowest BCUT2D eigenvalue weighted by Crippen LogP contribution is -2.48. The van der Waals surface area contributed by atoms with E-state index < -0.39 is 0 Å². The van der Waals surface area contributed by atoms with Gasteiger partial charge in [0.2, 0.25) is 5.91 Å². The van der Waals surface area contributed by atoms with E-state index in [2.05, 4.69) is 29.2 Å². The molecule has 1 aromatic carbocycles. The first-order valence-electron chi connectivity index (χ1n) is 10.7. The third-order valence-electron chi connectivity index (χ3n) is 6.23. The number of cyclic esters (lactones) is 1. The summed E-state index contributed by atoms with van der Waals surface area (Å²) in [6.45, 7) is 4.41. The Morgan fingerprint density at radius 2 is 1.90 bits per heavy atom. The number of piperidine rings is 1. The van der Waals surface area contributed by atoms with Crippen LogP contribution < -0.4 is 0 Å². The standard InChI is InChI=1S/C23H30N2O4/c26-21-17-23(10-13-24(14-11-23)18-20-8-9-22(27)29-20)28-16-15-25(21)12-4-7-19-5-2-1-3-6-19/h1-7,20H,8-18H2/b7-4+. The Balaban J connectivity index is 1.27. The highest BCUT2D eigenvalue weighted by Crippen LogP contribution is 2.33. The van der Waals surface area contributed by atoms with Gasteiger partial charge in [0.1, 0.15) is 6.10 Å². The van der Waals surface area contributed by atoms with Crippen LogP contribution in [-0.2, 0) is 19.1 Å². The molecule has 3 aliphatic heterocycles. The third-order valence-corrected chi connectivity index (χ3v) is 6.23. The quantitative estimate of drug-likeness (QED) is 0.714. The maximum absolute atomic E-state index is 12.9. The molecule has 0 radical (unpaired) electrons. The highest BCUT2D eigenvalue weighted by Gasteiger charge is 2.41. The molecule has 3 aliphatic rings. The van der Waals surface area contributed by atoms with E-state index in [0.29, 0.717) is 32.5 Å². The van der Waals surface area contributed by atoms with E-state index in [0.717, 1.165) is 44.5 Å². The minimum Gasteiger partial charge on any atom is -0.461 e. The first kappa shape index (κ1) is 20.1. The lowest BCUT2D eigenvalue weighted by molar-refractivity contribution is -0.143. The van der Waals surface area contributed by atoms with Crippen molar-refractivity contribution in [2.24, 2.45) is 0 Å². The molecule has 29 heavy (non-hydrogen) atoms. The van der Waals surface area contributed by atoms with E-state index in [1.54, 1.807) is 0 Å². The molecule has 1 unspecified atom stereocenters. The zero-order chi connectivity index (χ0) is 20.1. The average molecular weight is 399 g/mol. The molecule has 3 saturated heterocycles. The van der Waals surface area contributed by atoms with Crippen LogP contribution in [-0.4, -0.2) is 72.7 Å². The number of carbonyl (C=O) groups is 2. The van der Waals surface area contributed by atoms with Crippen LogP contribution in [0.1, 0.15) is 37.7 Å². The largest absolute Gasteiger partial charge is 0.461 e. The summed E-state index contributed by atoms with van der Waals surface area (Å²) in [7, 11) is 0. The van der Waals surface area contributed by atoms with Gasteiger partial charge in [0.25, 0.3) is 0 Å². The topological polar surface area (TPSA) is 59.1 Å². The molecule has 1 amide bonds. The molecule has 1 aromatic rings. The number of carbonyl (C=O) groups excluding carboxylic acids is 2. The molecule has 3 heterocycles. The first-order valence-corrected chi connectivity index (χ1v) is 10.7. The van der Waals surface area contributed by atoms with E-state index >= 15 is 0 Å². The lowest BCUT2D eigenvalue weighted by Gasteiger charge is -2.41. The van der Waals surface area contributed by atoms with Crippen LogP contribution in [0.4, 0.5) is 0 Å². The smallest absolute Gasteiger partial charge is 0.306 e. The molecule has 156 valence electrons. The van der Waals surface area contributed by atoms with Gasteiger partial charge in [-0.15, -0.1) is 0 Å². The van der Waals surface area contributed by atoms with Crippen LogP contribution in [0.15, 0.2) is 36.4 Å². The van der Waals surface area contributed by atoms with Crippen molar-refractivity contribution in [2.45, 2.75) is 43.8 Å². The second-order valence-corrected chi connectivity index (χ2v) is 8.31. The predicted octanol–water partition coefficient (Wildman–Crippen LogP) is 2.49. The van der Waals surface area contributed by atoms with Crippen LogP contribution >= 0.6 is 0 Å². The first-order chi connectivity index (χ1) is 14.1. The summed E-state index contributed by atoms with van der Waals surface area (Å²) in [5.41, 5.74) is 0.806. The molecule has 6 nitrogen and oxygen atoms in total. The van der Waals surface area contributed by atoms with Crippen molar-refractivity contribution in [3.8, 4) is 0 Å². The van der Waals surface area contributed by atoms with Crippen molar-refractivity contribution in [3.63, 3.8) is 0 Å². The fourth-order valence-corrected chi connectivity index (χ4v) is 4.47. The fraction of sp³-hybridized carbons (Fsp3) is 0.565. The van der Waals surface area contributed by atoms with E-state index in [1.165, 1.54) is 0 Å². The molecule has 0 aromatic heterocycles. The van der Waals surface area contributed by atoms with Gasteiger partial charge in [-0.05, 0) is 24.8 Å². The number of esters is 1. The Morgan fingerprint density at radius 1 is 1.10 bits per heavy atom. The van der Waals surface area contributed by atoms with Gasteiger partial charge in [-0.25, -0.2) is 0 Å². The summed E-state index contributed by atoms with van der Waals surface area (Å²) < 4.78 is 11.6. The van der Waals surface area contributed by atoms with Gasteiger partial charge in [-0.3, -0.25) is 14.5 Å². The van der Waals surface area contributed by atoms with E-state index in [-0.39, 0.29) is 23.6 Å². The second-order valence-electron chi connectivity index (χ2n) is 8.31. The molecule has 1 spiro atoms. The second kappa shape index (κ2) is 9.09. The number of rotatable bonds is 5. The van der Waals surface area contributed by atoms with E-state index in [4.69, 9.17) is 9.47 Å².